The predicted octanol–water partition coefficient (Wildman–Crippen LogP) is 5.11. The maximum Gasteiger partial charge on any atom is 0.150 e. The minimum atomic E-state index is -0.651. The van der Waals surface area contributed by atoms with Crippen molar-refractivity contribution in [1.82, 2.24) is 0 Å². The Labute approximate surface area is 151 Å². The summed E-state index contributed by atoms with van der Waals surface area (Å²) in [6.07, 6.45) is 2.39. The van der Waals surface area contributed by atoms with Gasteiger partial charge >= 0.3 is 0 Å². The summed E-state index contributed by atoms with van der Waals surface area (Å²) >= 11 is 5.89. The Balaban J connectivity index is 1.79. The molecule has 2 aliphatic carbocycles. The second-order valence-electron chi connectivity index (χ2n) is 7.14. The fourth-order valence-corrected chi connectivity index (χ4v) is 4.40. The van der Waals surface area contributed by atoms with Gasteiger partial charge in [-0.1, -0.05) is 29.8 Å². The molecule has 0 amide bonds. The molecule has 4 rings (SSSR count). The second-order valence-corrected chi connectivity index (χ2v) is 7.55. The lowest BCUT2D eigenvalue weighted by molar-refractivity contribution is -0.135. The van der Waals surface area contributed by atoms with Crippen molar-refractivity contribution in [3.8, 4) is 11.1 Å². The zero-order valence-electron chi connectivity index (χ0n) is 13.9. The molecule has 25 heavy (non-hydrogen) atoms. The number of hydrogen-bond donors (Lipinski definition) is 0. The van der Waals surface area contributed by atoms with Crippen LogP contribution in [0.1, 0.15) is 36.3 Å². The van der Waals surface area contributed by atoms with Crippen LogP contribution < -0.4 is 0 Å². The lowest BCUT2D eigenvalue weighted by Crippen LogP contribution is -2.35. The molecule has 1 unspecified atom stereocenters. The highest BCUT2D eigenvalue weighted by atomic mass is 35.5. The van der Waals surface area contributed by atoms with Crippen LogP contribution in [0.3, 0.4) is 0 Å². The number of fused-ring (bicyclic) bond motifs is 2. The second kappa shape index (κ2) is 6.06. The summed E-state index contributed by atoms with van der Waals surface area (Å²) in [5, 5.41) is 0.0579. The number of carbonyl (C=O) groups is 2. The first kappa shape index (κ1) is 16.5. The lowest BCUT2D eigenvalue weighted by Gasteiger charge is -2.27. The molecule has 0 radical (unpaired) electrons. The van der Waals surface area contributed by atoms with Crippen LogP contribution in [0.15, 0.2) is 36.4 Å². The van der Waals surface area contributed by atoms with E-state index in [9.17, 15) is 14.0 Å². The third kappa shape index (κ3) is 2.71. The number of benzene rings is 2. The molecule has 2 nitrogen and oxygen atoms in total. The Morgan fingerprint density at radius 2 is 1.56 bits per heavy atom. The predicted molar refractivity (Wildman–Crippen MR) is 95.2 cm³/mol. The van der Waals surface area contributed by atoms with E-state index >= 15 is 0 Å². The van der Waals surface area contributed by atoms with E-state index in [1.807, 2.05) is 25.1 Å². The van der Waals surface area contributed by atoms with Crippen LogP contribution in [0.5, 0.6) is 0 Å². The summed E-state index contributed by atoms with van der Waals surface area (Å²) in [6, 6.07) is 10.3. The smallest absolute Gasteiger partial charge is 0.150 e. The molecular formula is C21H18ClFO2. The van der Waals surface area contributed by atoms with Gasteiger partial charge in [-0.2, -0.15) is 0 Å². The average molecular weight is 357 g/mol. The Bertz CT molecular complexity index is 867. The van der Waals surface area contributed by atoms with E-state index in [4.69, 9.17) is 11.6 Å². The summed E-state index contributed by atoms with van der Waals surface area (Å²) in [5.74, 6) is -0.937. The van der Waals surface area contributed by atoms with Crippen LogP contribution in [0.4, 0.5) is 4.39 Å². The molecule has 2 saturated carbocycles. The molecule has 2 aromatic rings. The van der Waals surface area contributed by atoms with E-state index in [2.05, 4.69) is 0 Å². The lowest BCUT2D eigenvalue weighted by atomic mass is 9.74. The van der Waals surface area contributed by atoms with Crippen molar-refractivity contribution in [1.29, 1.82) is 0 Å². The minimum absolute atomic E-state index is 0.0241. The highest BCUT2D eigenvalue weighted by Crippen LogP contribution is 2.45. The minimum Gasteiger partial charge on any atom is -0.298 e. The zero-order valence-corrected chi connectivity index (χ0v) is 14.6. The Morgan fingerprint density at radius 1 is 0.960 bits per heavy atom. The maximum absolute atomic E-state index is 13.4. The topological polar surface area (TPSA) is 34.1 Å². The van der Waals surface area contributed by atoms with Crippen molar-refractivity contribution in [2.75, 3.05) is 0 Å². The summed E-state index contributed by atoms with van der Waals surface area (Å²) in [4.78, 5) is 25.6. The molecule has 2 fully saturated rings. The molecule has 3 atom stereocenters. The number of aryl methyl sites for hydroxylation is 1. The quantitative estimate of drug-likeness (QED) is 0.701. The molecule has 0 aromatic heterocycles. The third-order valence-corrected chi connectivity index (χ3v) is 5.94. The van der Waals surface area contributed by atoms with Crippen molar-refractivity contribution in [3.63, 3.8) is 0 Å². The van der Waals surface area contributed by atoms with E-state index in [1.165, 1.54) is 6.07 Å². The standard InChI is InChI=1S/C21H18ClFO2/c1-11-2-3-12(13-6-7-18(23)17(22)10-13)9-16(11)19-20(24)14-4-5-15(8-14)21(19)25/h2-3,6-7,9-10,14-15,19H,4-5,8H2,1H3/t14-,15+,19?. The van der Waals surface area contributed by atoms with Crippen molar-refractivity contribution in [2.45, 2.75) is 32.1 Å². The van der Waals surface area contributed by atoms with Crippen LogP contribution in [0.2, 0.25) is 5.02 Å². The van der Waals surface area contributed by atoms with Gasteiger partial charge in [-0.25, -0.2) is 4.39 Å². The van der Waals surface area contributed by atoms with Crippen LogP contribution in [0.25, 0.3) is 11.1 Å². The van der Waals surface area contributed by atoms with Gasteiger partial charge in [0.15, 0.2) is 11.6 Å². The molecule has 0 heterocycles. The van der Waals surface area contributed by atoms with Gasteiger partial charge in [-0.15, -0.1) is 0 Å². The number of halogens is 2. The van der Waals surface area contributed by atoms with Crippen molar-refractivity contribution in [2.24, 2.45) is 11.8 Å². The van der Waals surface area contributed by atoms with E-state index in [0.717, 1.165) is 41.5 Å². The number of rotatable bonds is 2. The number of hydrogen-bond acceptors (Lipinski definition) is 2. The Kier molecular flexibility index (Phi) is 3.99. The summed E-state index contributed by atoms with van der Waals surface area (Å²) in [6.45, 7) is 1.92. The van der Waals surface area contributed by atoms with Crippen molar-refractivity contribution >= 4 is 23.2 Å². The van der Waals surface area contributed by atoms with Gasteiger partial charge in [-0.05, 0) is 66.6 Å². The van der Waals surface area contributed by atoms with Crippen LogP contribution >= 0.6 is 11.6 Å². The molecule has 4 heteroatoms. The highest BCUT2D eigenvalue weighted by molar-refractivity contribution is 6.31. The molecule has 2 aromatic carbocycles. The van der Waals surface area contributed by atoms with Crippen LogP contribution in [-0.2, 0) is 9.59 Å². The first-order chi connectivity index (χ1) is 12.0. The van der Waals surface area contributed by atoms with Gasteiger partial charge < -0.3 is 0 Å². The zero-order chi connectivity index (χ0) is 17.7. The van der Waals surface area contributed by atoms with Gasteiger partial charge in [0.25, 0.3) is 0 Å². The van der Waals surface area contributed by atoms with E-state index in [-0.39, 0.29) is 28.4 Å². The van der Waals surface area contributed by atoms with Gasteiger partial charge in [0.05, 0.1) is 5.02 Å². The third-order valence-electron chi connectivity index (χ3n) is 5.65. The van der Waals surface area contributed by atoms with Crippen LogP contribution in [0, 0.1) is 24.6 Å². The van der Waals surface area contributed by atoms with E-state index < -0.39 is 11.7 Å². The molecule has 2 bridgehead atoms. The first-order valence-electron chi connectivity index (χ1n) is 8.59. The summed E-state index contributed by atoms with van der Waals surface area (Å²) in [7, 11) is 0. The molecule has 0 spiro atoms. The van der Waals surface area contributed by atoms with E-state index in [0.29, 0.717) is 0 Å². The molecule has 128 valence electrons. The van der Waals surface area contributed by atoms with Gasteiger partial charge in [-0.3, -0.25) is 9.59 Å². The summed E-state index contributed by atoms with van der Waals surface area (Å²) < 4.78 is 13.4. The number of carbonyl (C=O) groups excluding carboxylic acids is 2. The highest BCUT2D eigenvalue weighted by Gasteiger charge is 2.47. The van der Waals surface area contributed by atoms with Crippen LogP contribution in [-0.4, -0.2) is 11.6 Å². The number of ketones is 2. The normalized spacial score (nSPS) is 25.5. The Morgan fingerprint density at radius 3 is 2.20 bits per heavy atom. The van der Waals surface area contributed by atoms with Gasteiger partial charge in [0.2, 0.25) is 0 Å². The van der Waals surface area contributed by atoms with Gasteiger partial charge in [0, 0.05) is 11.8 Å². The molecule has 0 saturated heterocycles. The molecule has 0 N–H and O–H groups in total. The molecular weight excluding hydrogens is 339 g/mol. The Hall–Kier alpha value is -2.00. The largest absolute Gasteiger partial charge is 0.298 e. The fourth-order valence-electron chi connectivity index (χ4n) is 4.22. The first-order valence-corrected chi connectivity index (χ1v) is 8.97. The number of Topliss-reactive ketones (excluding diaryl/α,β-unsaturated/α-hetero) is 2. The monoisotopic (exact) mass is 356 g/mol. The van der Waals surface area contributed by atoms with E-state index in [1.54, 1.807) is 12.1 Å². The van der Waals surface area contributed by atoms with Crippen molar-refractivity contribution < 1.29 is 14.0 Å². The average Bonchev–Trinajstić information content (AvgIpc) is 3.05. The van der Waals surface area contributed by atoms with Crippen molar-refractivity contribution in [3.05, 3.63) is 58.4 Å². The van der Waals surface area contributed by atoms with Gasteiger partial charge in [0.1, 0.15) is 11.7 Å². The molecule has 2 aliphatic rings. The summed E-state index contributed by atoms with van der Waals surface area (Å²) in [5.41, 5.74) is 3.32. The fraction of sp³-hybridized carbons (Fsp3) is 0.333. The SMILES string of the molecule is Cc1ccc(-c2ccc(F)c(Cl)c2)cc1C1C(=O)[C@@H]2CC[C@@H](C2)C1=O. The maximum atomic E-state index is 13.4. The molecule has 0 aliphatic heterocycles.